The van der Waals surface area contributed by atoms with E-state index in [2.05, 4.69) is 11.9 Å². The topological polar surface area (TPSA) is 52.6 Å². The lowest BCUT2D eigenvalue weighted by molar-refractivity contribution is 0.183. The molecule has 4 nitrogen and oxygen atoms in total. The van der Waals surface area contributed by atoms with Crippen LogP contribution in [-0.4, -0.2) is 35.7 Å². The second-order valence-electron chi connectivity index (χ2n) is 3.60. The number of nitrogens with zero attached hydrogens (tertiary/aromatic N) is 1. The maximum absolute atomic E-state index is 11.8. The highest BCUT2D eigenvalue weighted by Crippen LogP contribution is 1.98. The van der Waals surface area contributed by atoms with E-state index in [0.717, 1.165) is 5.56 Å². The summed E-state index contributed by atoms with van der Waals surface area (Å²) in [5, 5.41) is 11.6. The zero-order valence-electron chi connectivity index (χ0n) is 9.80. The third-order valence-electron chi connectivity index (χ3n) is 2.29. The summed E-state index contributed by atoms with van der Waals surface area (Å²) >= 11 is 0. The second-order valence-corrected chi connectivity index (χ2v) is 3.60. The Kier molecular flexibility index (Phi) is 5.82. The maximum atomic E-state index is 11.8. The molecule has 0 saturated carbocycles. The van der Waals surface area contributed by atoms with Gasteiger partial charge in [0.05, 0.1) is 6.61 Å². The number of hydrogen-bond acceptors (Lipinski definition) is 2. The Balaban J connectivity index is 2.44. The van der Waals surface area contributed by atoms with Crippen molar-refractivity contribution < 1.29 is 9.90 Å². The number of amides is 2. The SMILES string of the molecule is C=CCN(CCO)C(=O)NCc1ccccc1. The van der Waals surface area contributed by atoms with Crippen molar-refractivity contribution in [3.05, 3.63) is 48.6 Å². The molecule has 1 aromatic carbocycles. The van der Waals surface area contributed by atoms with Crippen molar-refractivity contribution in [2.24, 2.45) is 0 Å². The van der Waals surface area contributed by atoms with Crippen LogP contribution in [0.4, 0.5) is 4.79 Å². The largest absolute Gasteiger partial charge is 0.395 e. The fourth-order valence-corrected chi connectivity index (χ4v) is 1.44. The standard InChI is InChI=1S/C13H18N2O2/c1-2-8-15(9-10-16)13(17)14-11-12-6-4-3-5-7-12/h2-7,16H,1,8-11H2,(H,14,17). The summed E-state index contributed by atoms with van der Waals surface area (Å²) in [6.45, 7) is 4.76. The molecule has 0 spiro atoms. The first-order chi connectivity index (χ1) is 8.27. The lowest BCUT2D eigenvalue weighted by Crippen LogP contribution is -2.41. The molecule has 92 valence electrons. The third-order valence-corrected chi connectivity index (χ3v) is 2.29. The molecule has 2 N–H and O–H groups in total. The molecule has 17 heavy (non-hydrogen) atoms. The van der Waals surface area contributed by atoms with Gasteiger partial charge < -0.3 is 15.3 Å². The number of carbonyl (C=O) groups is 1. The summed E-state index contributed by atoms with van der Waals surface area (Å²) in [5.74, 6) is 0. The van der Waals surface area contributed by atoms with Gasteiger partial charge >= 0.3 is 6.03 Å². The molecule has 1 aromatic rings. The minimum Gasteiger partial charge on any atom is -0.395 e. The van der Waals surface area contributed by atoms with Crippen LogP contribution in [0.2, 0.25) is 0 Å². The summed E-state index contributed by atoms with van der Waals surface area (Å²) in [7, 11) is 0. The van der Waals surface area contributed by atoms with Crippen molar-refractivity contribution >= 4 is 6.03 Å². The zero-order chi connectivity index (χ0) is 12.5. The summed E-state index contributed by atoms with van der Waals surface area (Å²) in [5.41, 5.74) is 1.04. The summed E-state index contributed by atoms with van der Waals surface area (Å²) in [4.78, 5) is 13.3. The molecule has 0 saturated heterocycles. The monoisotopic (exact) mass is 234 g/mol. The fraction of sp³-hybridized carbons (Fsp3) is 0.308. The molecular weight excluding hydrogens is 216 g/mol. The Morgan fingerprint density at radius 2 is 2.12 bits per heavy atom. The van der Waals surface area contributed by atoms with Crippen LogP contribution in [0.25, 0.3) is 0 Å². The van der Waals surface area contributed by atoms with Gasteiger partial charge in [0.1, 0.15) is 0 Å². The van der Waals surface area contributed by atoms with Crippen molar-refractivity contribution in [3.63, 3.8) is 0 Å². The van der Waals surface area contributed by atoms with E-state index in [4.69, 9.17) is 5.11 Å². The van der Waals surface area contributed by atoms with Gasteiger partial charge in [-0.15, -0.1) is 6.58 Å². The van der Waals surface area contributed by atoms with Gasteiger partial charge in [-0.2, -0.15) is 0 Å². The Hall–Kier alpha value is -1.81. The quantitative estimate of drug-likeness (QED) is 0.731. The number of urea groups is 1. The number of aliphatic hydroxyl groups excluding tert-OH is 1. The Morgan fingerprint density at radius 3 is 2.71 bits per heavy atom. The van der Waals surface area contributed by atoms with E-state index in [0.29, 0.717) is 19.6 Å². The van der Waals surface area contributed by atoms with E-state index in [-0.39, 0.29) is 12.6 Å². The Labute approximate surface area is 102 Å². The van der Waals surface area contributed by atoms with Gasteiger partial charge in [-0.25, -0.2) is 4.79 Å². The smallest absolute Gasteiger partial charge is 0.318 e. The number of carbonyl (C=O) groups excluding carboxylic acids is 1. The van der Waals surface area contributed by atoms with Gasteiger partial charge in [-0.05, 0) is 5.56 Å². The summed E-state index contributed by atoms with van der Waals surface area (Å²) in [6.07, 6.45) is 1.64. The number of rotatable bonds is 6. The minimum atomic E-state index is -0.192. The van der Waals surface area contributed by atoms with Gasteiger partial charge in [0.25, 0.3) is 0 Å². The summed E-state index contributed by atoms with van der Waals surface area (Å²) < 4.78 is 0. The van der Waals surface area contributed by atoms with Gasteiger partial charge in [-0.3, -0.25) is 0 Å². The predicted molar refractivity (Wildman–Crippen MR) is 67.5 cm³/mol. The van der Waals surface area contributed by atoms with Gasteiger partial charge in [0, 0.05) is 19.6 Å². The van der Waals surface area contributed by atoms with Gasteiger partial charge in [0.2, 0.25) is 0 Å². The normalized spacial score (nSPS) is 9.71. The van der Waals surface area contributed by atoms with Crippen molar-refractivity contribution in [1.82, 2.24) is 10.2 Å². The Bertz CT molecular complexity index is 352. The number of benzene rings is 1. The molecule has 0 aliphatic heterocycles. The van der Waals surface area contributed by atoms with Crippen molar-refractivity contribution in [2.75, 3.05) is 19.7 Å². The van der Waals surface area contributed by atoms with Crippen LogP contribution in [0.1, 0.15) is 5.56 Å². The van der Waals surface area contributed by atoms with Crippen molar-refractivity contribution in [3.8, 4) is 0 Å². The molecule has 4 heteroatoms. The predicted octanol–water partition coefficient (Wildman–Crippen LogP) is 1.38. The van der Waals surface area contributed by atoms with Gasteiger partial charge in [-0.1, -0.05) is 36.4 Å². The zero-order valence-corrected chi connectivity index (χ0v) is 9.80. The van der Waals surface area contributed by atoms with Crippen LogP contribution >= 0.6 is 0 Å². The van der Waals surface area contributed by atoms with Crippen LogP contribution < -0.4 is 5.32 Å². The molecule has 0 unspecified atom stereocenters. The lowest BCUT2D eigenvalue weighted by atomic mass is 10.2. The van der Waals surface area contributed by atoms with Crippen LogP contribution in [0.5, 0.6) is 0 Å². The van der Waals surface area contributed by atoms with E-state index >= 15 is 0 Å². The third kappa shape index (κ3) is 4.70. The first kappa shape index (κ1) is 13.3. The molecule has 0 heterocycles. The molecule has 0 bridgehead atoms. The van der Waals surface area contributed by atoms with E-state index in [1.54, 1.807) is 6.08 Å². The van der Waals surface area contributed by atoms with Crippen molar-refractivity contribution in [2.45, 2.75) is 6.54 Å². The van der Waals surface area contributed by atoms with Crippen LogP contribution in [0.15, 0.2) is 43.0 Å². The average Bonchev–Trinajstić information content (AvgIpc) is 2.37. The molecule has 2 amide bonds. The highest BCUT2D eigenvalue weighted by Gasteiger charge is 2.10. The summed E-state index contributed by atoms with van der Waals surface area (Å²) in [6, 6.07) is 9.49. The fourth-order valence-electron chi connectivity index (χ4n) is 1.44. The van der Waals surface area contributed by atoms with Gasteiger partial charge in [0.15, 0.2) is 0 Å². The first-order valence-electron chi connectivity index (χ1n) is 5.56. The minimum absolute atomic E-state index is 0.0490. The van der Waals surface area contributed by atoms with E-state index in [9.17, 15) is 4.79 Å². The molecule has 0 atom stereocenters. The van der Waals surface area contributed by atoms with Crippen LogP contribution in [-0.2, 0) is 6.54 Å². The van der Waals surface area contributed by atoms with Crippen molar-refractivity contribution in [1.29, 1.82) is 0 Å². The molecule has 0 radical (unpaired) electrons. The Morgan fingerprint density at radius 1 is 1.41 bits per heavy atom. The molecule has 0 aliphatic rings. The van der Waals surface area contributed by atoms with E-state index in [1.807, 2.05) is 30.3 Å². The number of hydrogen-bond donors (Lipinski definition) is 2. The van der Waals surface area contributed by atoms with E-state index < -0.39 is 0 Å². The maximum Gasteiger partial charge on any atom is 0.318 e. The molecule has 1 rings (SSSR count). The first-order valence-corrected chi connectivity index (χ1v) is 5.56. The molecular formula is C13H18N2O2. The average molecular weight is 234 g/mol. The highest BCUT2D eigenvalue weighted by atomic mass is 16.3. The van der Waals surface area contributed by atoms with E-state index in [1.165, 1.54) is 4.90 Å². The number of aliphatic hydroxyl groups is 1. The molecule has 0 aromatic heterocycles. The molecule has 0 fully saturated rings. The second kappa shape index (κ2) is 7.46. The van der Waals surface area contributed by atoms with Crippen LogP contribution in [0, 0.1) is 0 Å². The van der Waals surface area contributed by atoms with Crippen LogP contribution in [0.3, 0.4) is 0 Å². The lowest BCUT2D eigenvalue weighted by Gasteiger charge is -2.20. The molecule has 0 aliphatic carbocycles. The highest BCUT2D eigenvalue weighted by molar-refractivity contribution is 5.74. The number of nitrogens with one attached hydrogen (secondary N) is 1.